The molecule has 0 aromatic carbocycles. The summed E-state index contributed by atoms with van der Waals surface area (Å²) in [5.41, 5.74) is 5.32. The predicted octanol–water partition coefficient (Wildman–Crippen LogP) is 10.4. The Bertz CT molecular complexity index is 1050. The number of carbonyl (C=O) groups excluding carboxylic acids is 2. The lowest BCUT2D eigenvalue weighted by Gasteiger charge is -2.20. The van der Waals surface area contributed by atoms with Crippen LogP contribution in [0.5, 0.6) is 0 Å². The van der Waals surface area contributed by atoms with Crippen molar-refractivity contribution in [3.05, 3.63) is 36.5 Å². The van der Waals surface area contributed by atoms with E-state index in [0.717, 1.165) is 77.0 Å². The van der Waals surface area contributed by atoms with Gasteiger partial charge in [0.15, 0.2) is 6.10 Å². The molecule has 0 saturated carbocycles. The van der Waals surface area contributed by atoms with Crippen LogP contribution in [0.2, 0.25) is 0 Å². The Morgan fingerprint density at radius 1 is 0.585 bits per heavy atom. The maximum absolute atomic E-state index is 12.6. The lowest BCUT2D eigenvalue weighted by atomic mass is 10.1. The minimum absolute atomic E-state index is 0.151. The van der Waals surface area contributed by atoms with E-state index in [4.69, 9.17) is 24.8 Å². The molecule has 0 spiro atoms. The second-order valence-electron chi connectivity index (χ2n) is 13.8. The van der Waals surface area contributed by atoms with Crippen LogP contribution < -0.4 is 5.73 Å². The topological polar surface area (TPSA) is 172 Å². The van der Waals surface area contributed by atoms with Gasteiger partial charge in [-0.3, -0.25) is 23.4 Å². The molecule has 3 atom stereocenters. The fourth-order valence-electron chi connectivity index (χ4n) is 5.31. The molecule has 0 saturated heterocycles. The minimum atomic E-state index is -4.71. The molecule has 0 fully saturated rings. The molecule has 308 valence electrons. The number of allylic oxidation sites excluding steroid dienone is 6. The van der Waals surface area contributed by atoms with Gasteiger partial charge in [-0.25, -0.2) is 4.57 Å². The highest BCUT2D eigenvalue weighted by Crippen LogP contribution is 2.43. The smallest absolute Gasteiger partial charge is 0.472 e. The highest BCUT2D eigenvalue weighted by Gasteiger charge is 2.28. The molecule has 0 aliphatic rings. The number of rotatable bonds is 38. The molecule has 12 heteroatoms. The first-order valence-corrected chi connectivity index (χ1v) is 22.0. The summed E-state index contributed by atoms with van der Waals surface area (Å²) in [6.07, 6.45) is 37.8. The number of aliphatic carboxylic acids is 1. The number of hydrogen-bond donors (Lipinski definition) is 3. The molecule has 0 amide bonds. The summed E-state index contributed by atoms with van der Waals surface area (Å²) in [6.45, 7) is 2.72. The van der Waals surface area contributed by atoms with Crippen LogP contribution in [0.25, 0.3) is 0 Å². The molecule has 0 aromatic heterocycles. The van der Waals surface area contributed by atoms with Gasteiger partial charge in [0.05, 0.1) is 13.2 Å². The average Bonchev–Trinajstić information content (AvgIpc) is 3.13. The largest absolute Gasteiger partial charge is 0.480 e. The maximum atomic E-state index is 12.6. The number of hydrogen-bond acceptors (Lipinski definition) is 9. The van der Waals surface area contributed by atoms with Crippen molar-refractivity contribution < 1.29 is 47.5 Å². The lowest BCUT2D eigenvalue weighted by molar-refractivity contribution is -0.161. The number of ether oxygens (including phenoxy) is 2. The van der Waals surface area contributed by atoms with Crippen molar-refractivity contribution in [1.29, 1.82) is 0 Å². The molecule has 0 bridgehead atoms. The van der Waals surface area contributed by atoms with E-state index < -0.39 is 51.1 Å². The van der Waals surface area contributed by atoms with Crippen LogP contribution >= 0.6 is 7.82 Å². The fraction of sp³-hybridized carbons (Fsp3) is 0.780. The molecule has 0 radical (unpaired) electrons. The van der Waals surface area contributed by atoms with Gasteiger partial charge in [0.25, 0.3) is 0 Å². The van der Waals surface area contributed by atoms with Crippen LogP contribution in [-0.2, 0) is 37.5 Å². The first kappa shape index (κ1) is 50.7. The third kappa shape index (κ3) is 36.4. The molecule has 0 aliphatic carbocycles. The van der Waals surface area contributed by atoms with Gasteiger partial charge in [0.2, 0.25) is 0 Å². The molecule has 0 rings (SSSR count). The van der Waals surface area contributed by atoms with Crippen molar-refractivity contribution in [2.75, 3.05) is 19.8 Å². The zero-order chi connectivity index (χ0) is 39.3. The van der Waals surface area contributed by atoms with Crippen molar-refractivity contribution in [3.63, 3.8) is 0 Å². The Morgan fingerprint density at radius 2 is 1.02 bits per heavy atom. The van der Waals surface area contributed by atoms with Crippen LogP contribution in [0, 0.1) is 0 Å². The van der Waals surface area contributed by atoms with Gasteiger partial charge in [0, 0.05) is 12.8 Å². The summed E-state index contributed by atoms with van der Waals surface area (Å²) in [5, 5.41) is 8.87. The maximum Gasteiger partial charge on any atom is 0.472 e. The standard InChI is InChI=1S/C41H74NO10P/c1-3-5-7-9-11-13-15-16-17-18-19-20-21-23-25-27-29-31-33-40(44)52-37(35-50-53(47,48)51-36-38(42)41(45)46)34-49-39(43)32-30-28-26-24-22-14-12-10-8-6-4-2/h10,12-13,15,17-18,37-38H,3-9,11,14,16,19-36,42H2,1-2H3,(H,45,46)(H,47,48)/b12-10-,15-13-,18-17-. The van der Waals surface area contributed by atoms with Gasteiger partial charge < -0.3 is 25.2 Å². The molecule has 0 aromatic rings. The summed E-state index contributed by atoms with van der Waals surface area (Å²) >= 11 is 0. The third-order valence-corrected chi connectivity index (χ3v) is 9.56. The second-order valence-corrected chi connectivity index (χ2v) is 15.2. The number of phosphoric ester groups is 1. The predicted molar refractivity (Wildman–Crippen MR) is 212 cm³/mol. The molecule has 11 nitrogen and oxygen atoms in total. The van der Waals surface area contributed by atoms with Crippen LogP contribution in [0.15, 0.2) is 36.5 Å². The molecule has 53 heavy (non-hydrogen) atoms. The van der Waals surface area contributed by atoms with E-state index in [-0.39, 0.29) is 19.4 Å². The quantitative estimate of drug-likeness (QED) is 0.0236. The van der Waals surface area contributed by atoms with Crippen molar-refractivity contribution in [1.82, 2.24) is 0 Å². The van der Waals surface area contributed by atoms with Gasteiger partial charge in [-0.2, -0.15) is 0 Å². The van der Waals surface area contributed by atoms with Crippen LogP contribution in [-0.4, -0.2) is 59.9 Å². The summed E-state index contributed by atoms with van der Waals surface area (Å²) in [4.78, 5) is 45.8. The molecule has 3 unspecified atom stereocenters. The highest BCUT2D eigenvalue weighted by molar-refractivity contribution is 7.47. The summed E-state index contributed by atoms with van der Waals surface area (Å²) in [5.74, 6) is -2.40. The normalized spacial score (nSPS) is 14.2. The fourth-order valence-corrected chi connectivity index (χ4v) is 6.09. The van der Waals surface area contributed by atoms with E-state index in [1.54, 1.807) is 0 Å². The van der Waals surface area contributed by atoms with E-state index in [2.05, 4.69) is 54.8 Å². The van der Waals surface area contributed by atoms with E-state index in [1.807, 2.05) is 0 Å². The lowest BCUT2D eigenvalue weighted by Crippen LogP contribution is -2.34. The van der Waals surface area contributed by atoms with Gasteiger partial charge in [-0.15, -0.1) is 0 Å². The molecular formula is C41H74NO10P. The second kappa shape index (κ2) is 36.7. The summed E-state index contributed by atoms with van der Waals surface area (Å²) in [7, 11) is -4.71. The number of phosphoric acid groups is 1. The van der Waals surface area contributed by atoms with Crippen LogP contribution in [0.4, 0.5) is 0 Å². The van der Waals surface area contributed by atoms with Gasteiger partial charge in [0.1, 0.15) is 12.6 Å². The minimum Gasteiger partial charge on any atom is -0.480 e. The highest BCUT2D eigenvalue weighted by atomic mass is 31.2. The number of carboxylic acid groups (broad SMARTS) is 1. The van der Waals surface area contributed by atoms with Crippen molar-refractivity contribution in [3.8, 4) is 0 Å². The van der Waals surface area contributed by atoms with Crippen molar-refractivity contribution in [2.24, 2.45) is 5.73 Å². The number of esters is 2. The SMILES string of the molecule is CCCC/C=C\CCCCCCCC(=O)OCC(COP(=O)(O)OCC(N)C(=O)O)OC(=O)CCCCCCCCC/C=C\C/C=C\CCCCCC. The van der Waals surface area contributed by atoms with E-state index in [1.165, 1.54) is 57.8 Å². The van der Waals surface area contributed by atoms with Gasteiger partial charge >= 0.3 is 25.7 Å². The molecule has 0 aliphatic heterocycles. The molecule has 4 N–H and O–H groups in total. The van der Waals surface area contributed by atoms with Crippen LogP contribution in [0.3, 0.4) is 0 Å². The first-order chi connectivity index (χ1) is 25.6. The third-order valence-electron chi connectivity index (χ3n) is 8.61. The Kier molecular flexibility index (Phi) is 35.1. The Hall–Kier alpha value is -2.30. The molecular weight excluding hydrogens is 697 g/mol. The zero-order valence-corrected chi connectivity index (χ0v) is 34.0. The van der Waals surface area contributed by atoms with Gasteiger partial charge in [-0.05, 0) is 64.2 Å². The first-order valence-electron chi connectivity index (χ1n) is 20.5. The molecule has 0 heterocycles. The monoisotopic (exact) mass is 772 g/mol. The Labute approximate surface area is 321 Å². The Morgan fingerprint density at radius 3 is 1.55 bits per heavy atom. The van der Waals surface area contributed by atoms with E-state index in [9.17, 15) is 23.8 Å². The number of nitrogens with two attached hydrogens (primary N) is 1. The summed E-state index contributed by atoms with van der Waals surface area (Å²) in [6, 6.07) is -1.52. The van der Waals surface area contributed by atoms with Gasteiger partial charge in [-0.1, -0.05) is 134 Å². The van der Waals surface area contributed by atoms with Crippen molar-refractivity contribution in [2.45, 2.75) is 187 Å². The number of carbonyl (C=O) groups is 3. The number of carboxylic acids is 1. The summed E-state index contributed by atoms with van der Waals surface area (Å²) < 4.78 is 32.6. The van der Waals surface area contributed by atoms with E-state index >= 15 is 0 Å². The average molecular weight is 772 g/mol. The van der Waals surface area contributed by atoms with Crippen LogP contribution in [0.1, 0.15) is 174 Å². The Balaban J connectivity index is 4.40. The zero-order valence-electron chi connectivity index (χ0n) is 33.1. The van der Waals surface area contributed by atoms with E-state index in [0.29, 0.717) is 12.8 Å². The number of unbranched alkanes of at least 4 members (excludes halogenated alkanes) is 18. The van der Waals surface area contributed by atoms with Crippen molar-refractivity contribution >= 4 is 25.7 Å².